The van der Waals surface area contributed by atoms with Gasteiger partial charge in [-0.25, -0.2) is 12.8 Å². The number of rotatable bonds is 7. The van der Waals surface area contributed by atoms with Crippen LogP contribution in [0.5, 0.6) is 0 Å². The molecule has 29 heavy (non-hydrogen) atoms. The SMILES string of the molecule is CCC(C1CCC(OCC2C(F)CCCC2Cl)CC1)S(=O)(=O)C1CCC(Cl)CC1. The van der Waals surface area contributed by atoms with Crippen molar-refractivity contribution >= 4 is 33.0 Å². The van der Waals surface area contributed by atoms with Crippen molar-refractivity contribution in [3.8, 4) is 0 Å². The minimum Gasteiger partial charge on any atom is -0.378 e. The van der Waals surface area contributed by atoms with Crippen LogP contribution in [-0.4, -0.2) is 48.6 Å². The van der Waals surface area contributed by atoms with E-state index in [1.807, 2.05) is 6.92 Å². The first-order valence-electron chi connectivity index (χ1n) is 11.6. The summed E-state index contributed by atoms with van der Waals surface area (Å²) in [6.45, 7) is 2.39. The van der Waals surface area contributed by atoms with Crippen LogP contribution in [0.25, 0.3) is 0 Å². The van der Waals surface area contributed by atoms with Gasteiger partial charge >= 0.3 is 0 Å². The lowest BCUT2D eigenvalue weighted by Crippen LogP contribution is -2.41. The Morgan fingerprint density at radius 3 is 2.21 bits per heavy atom. The van der Waals surface area contributed by atoms with Crippen molar-refractivity contribution in [1.29, 1.82) is 0 Å². The normalized spacial score (nSPS) is 40.5. The largest absolute Gasteiger partial charge is 0.378 e. The quantitative estimate of drug-likeness (QED) is 0.425. The minimum atomic E-state index is -3.13. The van der Waals surface area contributed by atoms with Crippen LogP contribution in [0.1, 0.15) is 84.0 Å². The molecule has 3 saturated carbocycles. The van der Waals surface area contributed by atoms with Crippen molar-refractivity contribution in [1.82, 2.24) is 0 Å². The summed E-state index contributed by atoms with van der Waals surface area (Å²) in [4.78, 5) is 0. The summed E-state index contributed by atoms with van der Waals surface area (Å²) >= 11 is 12.5. The fourth-order valence-corrected chi connectivity index (χ4v) is 9.01. The molecule has 0 amide bonds. The van der Waals surface area contributed by atoms with E-state index in [0.717, 1.165) is 51.4 Å². The Kier molecular flexibility index (Phi) is 8.99. The predicted molar refractivity (Wildman–Crippen MR) is 118 cm³/mol. The maximum atomic E-state index is 14.2. The summed E-state index contributed by atoms with van der Waals surface area (Å²) in [5.74, 6) is 0.00641. The van der Waals surface area contributed by atoms with E-state index in [0.29, 0.717) is 32.3 Å². The van der Waals surface area contributed by atoms with Crippen LogP contribution in [0.3, 0.4) is 0 Å². The fraction of sp³-hybridized carbons (Fsp3) is 1.00. The molecule has 4 unspecified atom stereocenters. The molecule has 7 heteroatoms. The Bertz CT molecular complexity index is 591. The fourth-order valence-electron chi connectivity index (χ4n) is 5.68. The maximum Gasteiger partial charge on any atom is 0.156 e. The van der Waals surface area contributed by atoms with Gasteiger partial charge in [0.25, 0.3) is 0 Å². The first-order chi connectivity index (χ1) is 13.8. The van der Waals surface area contributed by atoms with Gasteiger partial charge in [0.2, 0.25) is 0 Å². The third-order valence-electron chi connectivity index (χ3n) is 7.55. The van der Waals surface area contributed by atoms with Crippen molar-refractivity contribution in [2.45, 2.75) is 118 Å². The smallest absolute Gasteiger partial charge is 0.156 e. The molecule has 0 radical (unpaired) electrons. The molecule has 4 atom stereocenters. The van der Waals surface area contributed by atoms with Crippen LogP contribution >= 0.6 is 23.2 Å². The number of ether oxygens (including phenoxy) is 1. The third-order valence-corrected chi connectivity index (χ3v) is 11.5. The van der Waals surface area contributed by atoms with Gasteiger partial charge in [-0.1, -0.05) is 6.92 Å². The zero-order valence-electron chi connectivity index (χ0n) is 17.6. The summed E-state index contributed by atoms with van der Waals surface area (Å²) < 4.78 is 46.8. The van der Waals surface area contributed by atoms with E-state index in [4.69, 9.17) is 27.9 Å². The Labute approximate surface area is 186 Å². The first-order valence-corrected chi connectivity index (χ1v) is 14.1. The number of hydrogen-bond donors (Lipinski definition) is 0. The minimum absolute atomic E-state index is 0.108. The lowest BCUT2D eigenvalue weighted by molar-refractivity contribution is -0.0230. The van der Waals surface area contributed by atoms with Gasteiger partial charge in [0.1, 0.15) is 6.17 Å². The number of hydrogen-bond acceptors (Lipinski definition) is 3. The van der Waals surface area contributed by atoms with Gasteiger partial charge in [0, 0.05) is 16.7 Å². The van der Waals surface area contributed by atoms with E-state index in [-0.39, 0.29) is 39.2 Å². The first kappa shape index (κ1) is 24.1. The highest BCUT2D eigenvalue weighted by molar-refractivity contribution is 7.92. The molecule has 0 spiro atoms. The summed E-state index contributed by atoms with van der Waals surface area (Å²) in [5.41, 5.74) is 0. The Balaban J connectivity index is 1.49. The van der Waals surface area contributed by atoms with Crippen molar-refractivity contribution in [3.05, 3.63) is 0 Å². The van der Waals surface area contributed by atoms with Crippen molar-refractivity contribution in [3.63, 3.8) is 0 Å². The standard InChI is InChI=1S/C22H37Cl2FO3S/c1-2-22(29(26,27)18-12-8-16(23)9-13-18)15-6-10-17(11-7-15)28-14-19-20(24)4-3-5-21(19)25/h15-22H,2-14H2,1H3. The lowest BCUT2D eigenvalue weighted by Gasteiger charge is -2.37. The van der Waals surface area contributed by atoms with Gasteiger partial charge in [0.05, 0.1) is 23.2 Å². The summed E-state index contributed by atoms with van der Waals surface area (Å²) in [6.07, 6.45) is 8.74. The summed E-state index contributed by atoms with van der Waals surface area (Å²) in [7, 11) is -3.13. The molecule has 0 aromatic carbocycles. The molecule has 0 saturated heterocycles. The van der Waals surface area contributed by atoms with Crippen LogP contribution in [0, 0.1) is 11.8 Å². The van der Waals surface area contributed by atoms with Gasteiger partial charge in [-0.05, 0) is 83.0 Å². The molecule has 3 aliphatic rings. The van der Waals surface area contributed by atoms with Gasteiger partial charge in [-0.3, -0.25) is 0 Å². The lowest BCUT2D eigenvalue weighted by atomic mass is 9.84. The molecule has 0 aromatic heterocycles. The Morgan fingerprint density at radius 2 is 1.62 bits per heavy atom. The molecule has 3 rings (SSSR count). The zero-order chi connectivity index (χ0) is 21.0. The average Bonchev–Trinajstić information content (AvgIpc) is 2.69. The van der Waals surface area contributed by atoms with E-state index >= 15 is 0 Å². The molecule has 0 aromatic rings. The molecule has 0 bridgehead atoms. The van der Waals surface area contributed by atoms with Crippen LogP contribution in [-0.2, 0) is 14.6 Å². The maximum absolute atomic E-state index is 14.2. The van der Waals surface area contributed by atoms with Crippen LogP contribution in [0.15, 0.2) is 0 Å². The zero-order valence-corrected chi connectivity index (χ0v) is 19.9. The van der Waals surface area contributed by atoms with E-state index in [1.165, 1.54) is 0 Å². The van der Waals surface area contributed by atoms with E-state index < -0.39 is 16.0 Å². The highest BCUT2D eigenvalue weighted by atomic mass is 35.5. The molecule has 0 heterocycles. The second kappa shape index (κ2) is 10.8. The highest BCUT2D eigenvalue weighted by Crippen LogP contribution is 2.38. The molecule has 3 nitrogen and oxygen atoms in total. The molecule has 0 aliphatic heterocycles. The van der Waals surface area contributed by atoms with Crippen molar-refractivity contribution < 1.29 is 17.5 Å². The molecule has 170 valence electrons. The van der Waals surface area contributed by atoms with Gasteiger partial charge in [-0.2, -0.15) is 0 Å². The second-order valence-corrected chi connectivity index (χ2v) is 13.0. The third kappa shape index (κ3) is 6.02. The Hall–Kier alpha value is 0.420. The van der Waals surface area contributed by atoms with Crippen LogP contribution in [0.2, 0.25) is 0 Å². The predicted octanol–water partition coefficient (Wildman–Crippen LogP) is 6.05. The summed E-state index contributed by atoms with van der Waals surface area (Å²) in [6, 6.07) is 0. The summed E-state index contributed by atoms with van der Waals surface area (Å²) in [5, 5.41) is -0.464. The van der Waals surface area contributed by atoms with Gasteiger partial charge in [0.15, 0.2) is 9.84 Å². The topological polar surface area (TPSA) is 43.4 Å². The van der Waals surface area contributed by atoms with E-state index in [9.17, 15) is 12.8 Å². The molecule has 3 fully saturated rings. The van der Waals surface area contributed by atoms with Crippen molar-refractivity contribution in [2.24, 2.45) is 11.8 Å². The highest BCUT2D eigenvalue weighted by Gasteiger charge is 2.41. The van der Waals surface area contributed by atoms with Crippen LogP contribution < -0.4 is 0 Å². The Morgan fingerprint density at radius 1 is 0.966 bits per heavy atom. The number of sulfone groups is 1. The van der Waals surface area contributed by atoms with Gasteiger partial charge < -0.3 is 4.74 Å². The second-order valence-electron chi connectivity index (χ2n) is 9.41. The average molecular weight is 472 g/mol. The van der Waals surface area contributed by atoms with E-state index in [1.54, 1.807) is 0 Å². The van der Waals surface area contributed by atoms with E-state index in [2.05, 4.69) is 0 Å². The number of halogens is 3. The van der Waals surface area contributed by atoms with Crippen molar-refractivity contribution in [2.75, 3.05) is 6.61 Å². The van der Waals surface area contributed by atoms with Crippen LogP contribution in [0.4, 0.5) is 4.39 Å². The molecule has 3 aliphatic carbocycles. The number of alkyl halides is 3. The molecule has 0 N–H and O–H groups in total. The molecular formula is C22H37Cl2FO3S. The monoisotopic (exact) mass is 470 g/mol. The van der Waals surface area contributed by atoms with Gasteiger partial charge in [-0.15, -0.1) is 23.2 Å². The molecular weight excluding hydrogens is 434 g/mol.